The minimum atomic E-state index is -2.44. The molecule has 1 N–H and O–H groups in total. The van der Waals surface area contributed by atoms with Gasteiger partial charge in [0, 0.05) is 40.9 Å². The number of fused-ring (bicyclic) bond motifs is 1. The Hall–Kier alpha value is -2.36. The molecule has 1 aliphatic carbocycles. The Bertz CT molecular complexity index is 1170. The quantitative estimate of drug-likeness (QED) is 0.383. The summed E-state index contributed by atoms with van der Waals surface area (Å²) in [4.78, 5) is 13.2. The topological polar surface area (TPSA) is 60.3 Å². The van der Waals surface area contributed by atoms with E-state index in [-0.39, 0.29) is 5.97 Å². The van der Waals surface area contributed by atoms with Crippen LogP contribution in [0.15, 0.2) is 42.5 Å². The molecule has 0 spiro atoms. The van der Waals surface area contributed by atoms with Gasteiger partial charge in [-0.3, -0.25) is 0 Å². The van der Waals surface area contributed by atoms with Crippen molar-refractivity contribution in [1.82, 2.24) is 9.88 Å². The molecule has 32 heavy (non-hydrogen) atoms. The first-order chi connectivity index (χ1) is 15.3. The molecular weight excluding hydrogens is 419 g/mol. The van der Waals surface area contributed by atoms with Crippen molar-refractivity contribution in [2.24, 2.45) is 0 Å². The third-order valence-corrected chi connectivity index (χ3v) is 7.90. The lowest BCUT2D eigenvalue weighted by Gasteiger charge is -2.26. The van der Waals surface area contributed by atoms with Gasteiger partial charge in [-0.2, -0.15) is 0 Å². The molecule has 2 aromatic carbocycles. The van der Waals surface area contributed by atoms with E-state index in [0.717, 1.165) is 27.3 Å². The summed E-state index contributed by atoms with van der Waals surface area (Å²) >= 11 is 0. The Morgan fingerprint density at radius 1 is 1.16 bits per heavy atom. The van der Waals surface area contributed by atoms with Crippen molar-refractivity contribution in [3.05, 3.63) is 64.8 Å². The van der Waals surface area contributed by atoms with E-state index in [1.54, 1.807) is 13.3 Å². The third kappa shape index (κ3) is 4.69. The average molecular weight is 453 g/mol. The molecule has 0 unspecified atom stereocenters. The van der Waals surface area contributed by atoms with E-state index in [1.807, 2.05) is 25.1 Å². The standard InChI is InChI=1S/C26H33N2O3P/c1-5-31-26(29)25-23(16-27-20-7-6-8-20)22-15-21(32(3,4)30)13-14-24(22)28(25)17-19-11-9-18(2)10-12-19/h9-15,20,27H,5-8,16-17H2,1-4H3. The van der Waals surface area contributed by atoms with Crippen LogP contribution in [0.4, 0.5) is 0 Å². The van der Waals surface area contributed by atoms with Gasteiger partial charge >= 0.3 is 5.97 Å². The summed E-state index contributed by atoms with van der Waals surface area (Å²) in [5.41, 5.74) is 4.82. The number of hydrogen-bond acceptors (Lipinski definition) is 4. The summed E-state index contributed by atoms with van der Waals surface area (Å²) in [6, 6.07) is 14.8. The molecule has 6 heteroatoms. The number of aryl methyl sites for hydroxylation is 1. The maximum absolute atomic E-state index is 13.2. The van der Waals surface area contributed by atoms with Gasteiger partial charge in [0.25, 0.3) is 0 Å². The molecule has 1 aromatic heterocycles. The van der Waals surface area contributed by atoms with Gasteiger partial charge in [-0.15, -0.1) is 0 Å². The molecule has 1 aliphatic rings. The highest BCUT2D eigenvalue weighted by Crippen LogP contribution is 2.37. The number of hydrogen-bond donors (Lipinski definition) is 1. The number of nitrogens with one attached hydrogen (secondary N) is 1. The number of nitrogens with zero attached hydrogens (tertiary/aromatic N) is 1. The summed E-state index contributed by atoms with van der Waals surface area (Å²) in [5.74, 6) is -0.307. The van der Waals surface area contributed by atoms with Crippen molar-refractivity contribution in [2.75, 3.05) is 19.9 Å². The molecular formula is C26H33N2O3P. The predicted octanol–water partition coefficient (Wildman–Crippen LogP) is 5.06. The molecule has 1 saturated carbocycles. The molecule has 1 fully saturated rings. The van der Waals surface area contributed by atoms with Crippen LogP contribution >= 0.6 is 7.14 Å². The van der Waals surface area contributed by atoms with Crippen molar-refractivity contribution in [3.63, 3.8) is 0 Å². The highest BCUT2D eigenvalue weighted by Gasteiger charge is 2.26. The minimum absolute atomic E-state index is 0.307. The normalized spacial score (nSPS) is 14.5. The molecule has 0 saturated heterocycles. The smallest absolute Gasteiger partial charge is 0.355 e. The average Bonchev–Trinajstić information content (AvgIpc) is 3.01. The lowest BCUT2D eigenvalue weighted by atomic mass is 9.93. The fraction of sp³-hybridized carbons (Fsp3) is 0.423. The fourth-order valence-electron chi connectivity index (χ4n) is 4.26. The molecule has 3 aromatic rings. The van der Waals surface area contributed by atoms with Gasteiger partial charge < -0.3 is 19.2 Å². The number of esters is 1. The fourth-order valence-corrected chi connectivity index (χ4v) is 5.13. The third-order valence-electron chi connectivity index (χ3n) is 6.38. The van der Waals surface area contributed by atoms with Crippen LogP contribution in [0.2, 0.25) is 0 Å². The number of rotatable bonds is 8. The van der Waals surface area contributed by atoms with E-state index in [4.69, 9.17) is 4.74 Å². The molecule has 0 atom stereocenters. The number of ether oxygens (including phenoxy) is 1. The number of carbonyl (C=O) groups is 1. The van der Waals surface area contributed by atoms with Gasteiger partial charge in [-0.1, -0.05) is 36.2 Å². The highest BCUT2D eigenvalue weighted by atomic mass is 31.2. The minimum Gasteiger partial charge on any atom is -0.461 e. The highest BCUT2D eigenvalue weighted by molar-refractivity contribution is 7.70. The van der Waals surface area contributed by atoms with Crippen molar-refractivity contribution >= 4 is 29.3 Å². The monoisotopic (exact) mass is 452 g/mol. The van der Waals surface area contributed by atoms with Crippen LogP contribution in [0.3, 0.4) is 0 Å². The van der Waals surface area contributed by atoms with Crippen LogP contribution in [-0.4, -0.2) is 36.5 Å². The first-order valence-corrected chi connectivity index (χ1v) is 14.0. The van der Waals surface area contributed by atoms with E-state index < -0.39 is 7.14 Å². The lowest BCUT2D eigenvalue weighted by Crippen LogP contribution is -2.35. The van der Waals surface area contributed by atoms with E-state index >= 15 is 0 Å². The summed E-state index contributed by atoms with van der Waals surface area (Å²) in [6.07, 6.45) is 3.58. The Labute approximate surface area is 190 Å². The van der Waals surface area contributed by atoms with Gasteiger partial charge in [0.05, 0.1) is 6.61 Å². The van der Waals surface area contributed by atoms with Crippen LogP contribution in [0.25, 0.3) is 10.9 Å². The Kier molecular flexibility index (Phi) is 6.60. The number of aromatic nitrogens is 1. The zero-order valence-electron chi connectivity index (χ0n) is 19.5. The molecule has 0 radical (unpaired) electrons. The molecule has 0 bridgehead atoms. The summed E-state index contributed by atoms with van der Waals surface area (Å²) in [5, 5.41) is 5.43. The second-order valence-electron chi connectivity index (χ2n) is 9.18. The second-order valence-corrected chi connectivity index (χ2v) is 12.4. The van der Waals surface area contributed by atoms with Gasteiger partial charge in [0.15, 0.2) is 0 Å². The van der Waals surface area contributed by atoms with Crippen LogP contribution < -0.4 is 10.6 Å². The van der Waals surface area contributed by atoms with Crippen LogP contribution in [0.5, 0.6) is 0 Å². The zero-order valence-corrected chi connectivity index (χ0v) is 20.4. The molecule has 5 nitrogen and oxygen atoms in total. The maximum atomic E-state index is 13.2. The second kappa shape index (κ2) is 9.25. The van der Waals surface area contributed by atoms with E-state index in [0.29, 0.717) is 31.4 Å². The van der Waals surface area contributed by atoms with E-state index in [1.165, 1.54) is 24.8 Å². The SMILES string of the molecule is CCOC(=O)c1c(CNC2CCC2)c2cc(P(C)(C)=O)ccc2n1Cc1ccc(C)cc1. The largest absolute Gasteiger partial charge is 0.461 e. The molecule has 4 rings (SSSR count). The molecule has 0 aliphatic heterocycles. The zero-order chi connectivity index (χ0) is 22.9. The maximum Gasteiger partial charge on any atom is 0.355 e. The van der Waals surface area contributed by atoms with Crippen molar-refractivity contribution in [1.29, 1.82) is 0 Å². The van der Waals surface area contributed by atoms with Crippen molar-refractivity contribution < 1.29 is 14.1 Å². The van der Waals surface area contributed by atoms with E-state index in [2.05, 4.69) is 41.1 Å². The Morgan fingerprint density at radius 2 is 1.88 bits per heavy atom. The van der Waals surface area contributed by atoms with Crippen LogP contribution in [-0.2, 0) is 22.4 Å². The Morgan fingerprint density at radius 3 is 2.47 bits per heavy atom. The first kappa shape index (κ1) is 22.8. The van der Waals surface area contributed by atoms with Gasteiger partial charge in [0.1, 0.15) is 12.8 Å². The molecule has 1 heterocycles. The van der Waals surface area contributed by atoms with Crippen LogP contribution in [0.1, 0.15) is 53.4 Å². The summed E-state index contributed by atoms with van der Waals surface area (Å²) in [6.45, 7) is 8.97. The van der Waals surface area contributed by atoms with Gasteiger partial charge in [-0.05, 0) is 63.8 Å². The summed E-state index contributed by atoms with van der Waals surface area (Å²) < 4.78 is 20.4. The molecule has 170 valence electrons. The van der Waals surface area contributed by atoms with Crippen LogP contribution in [0, 0.1) is 6.92 Å². The molecule has 0 amide bonds. The first-order valence-electron chi connectivity index (χ1n) is 11.4. The number of benzene rings is 2. The van der Waals surface area contributed by atoms with Crippen molar-refractivity contribution in [3.8, 4) is 0 Å². The van der Waals surface area contributed by atoms with E-state index in [9.17, 15) is 9.36 Å². The predicted molar refractivity (Wildman–Crippen MR) is 132 cm³/mol. The van der Waals surface area contributed by atoms with Gasteiger partial charge in [0.2, 0.25) is 0 Å². The Balaban J connectivity index is 1.89. The number of carbonyl (C=O) groups excluding carboxylic acids is 1. The van der Waals surface area contributed by atoms with Crippen molar-refractivity contribution in [2.45, 2.75) is 52.2 Å². The summed E-state index contributed by atoms with van der Waals surface area (Å²) in [7, 11) is -2.44. The lowest BCUT2D eigenvalue weighted by molar-refractivity contribution is 0.0513. The van der Waals surface area contributed by atoms with Gasteiger partial charge in [-0.25, -0.2) is 4.79 Å².